The number of hydrogen-bond donors (Lipinski definition) is 1. The Labute approximate surface area is 163 Å². The van der Waals surface area contributed by atoms with Crippen LogP contribution < -0.4 is 5.32 Å². The van der Waals surface area contributed by atoms with E-state index in [1.54, 1.807) is 25.1 Å². The van der Waals surface area contributed by atoms with Crippen LogP contribution in [0.1, 0.15) is 55.8 Å². The van der Waals surface area contributed by atoms with Crippen molar-refractivity contribution in [3.05, 3.63) is 33.8 Å². The van der Waals surface area contributed by atoms with Crippen LogP contribution in [0.15, 0.2) is 18.2 Å². The van der Waals surface area contributed by atoms with Gasteiger partial charge in [-0.25, -0.2) is 4.79 Å². The van der Waals surface area contributed by atoms with Gasteiger partial charge >= 0.3 is 5.97 Å². The van der Waals surface area contributed by atoms with Crippen LogP contribution in [0.5, 0.6) is 0 Å². The predicted octanol–water partition coefficient (Wildman–Crippen LogP) is 4.62. The van der Waals surface area contributed by atoms with Crippen LogP contribution in [0.3, 0.4) is 0 Å². The normalized spacial score (nSPS) is 33.0. The third-order valence-electron chi connectivity index (χ3n) is 6.25. The minimum atomic E-state index is -0.870. The zero-order valence-corrected chi connectivity index (χ0v) is 16.3. The molecular weight excluding hydrogens is 373 g/mol. The van der Waals surface area contributed by atoms with E-state index in [0.717, 1.165) is 37.0 Å². The van der Waals surface area contributed by atoms with Gasteiger partial charge in [-0.05, 0) is 75.3 Å². The van der Waals surface area contributed by atoms with Crippen LogP contribution >= 0.6 is 23.2 Å². The van der Waals surface area contributed by atoms with E-state index in [1.807, 2.05) is 0 Å². The first-order valence-corrected chi connectivity index (χ1v) is 10.1. The second-order valence-electron chi connectivity index (χ2n) is 8.34. The van der Waals surface area contributed by atoms with E-state index in [4.69, 9.17) is 27.9 Å². The Morgan fingerprint density at radius 2 is 1.69 bits per heavy atom. The van der Waals surface area contributed by atoms with Crippen molar-refractivity contribution in [1.82, 2.24) is 5.32 Å². The number of carbonyl (C=O) groups excluding carboxylic acids is 2. The maximum atomic E-state index is 12.7. The van der Waals surface area contributed by atoms with Crippen molar-refractivity contribution in [2.75, 3.05) is 0 Å². The summed E-state index contributed by atoms with van der Waals surface area (Å²) in [4.78, 5) is 25.1. The Hall–Kier alpha value is -1.26. The minimum Gasteiger partial charge on any atom is -0.449 e. The molecule has 5 rings (SSSR count). The average Bonchev–Trinajstić information content (AvgIpc) is 2.55. The summed E-state index contributed by atoms with van der Waals surface area (Å²) < 4.78 is 5.35. The fraction of sp³-hybridized carbons (Fsp3) is 0.600. The third-order valence-corrected chi connectivity index (χ3v) is 7.07. The Kier molecular flexibility index (Phi) is 4.68. The molecule has 0 unspecified atom stereocenters. The summed E-state index contributed by atoms with van der Waals surface area (Å²) in [5, 5.41) is 3.66. The lowest BCUT2D eigenvalue weighted by atomic mass is 9.53. The minimum absolute atomic E-state index is 0.0970. The zero-order chi connectivity index (χ0) is 18.5. The molecule has 0 aliphatic heterocycles. The van der Waals surface area contributed by atoms with E-state index >= 15 is 0 Å². The molecule has 4 nitrogen and oxygen atoms in total. The predicted molar refractivity (Wildman–Crippen MR) is 100 cm³/mol. The molecule has 4 saturated carbocycles. The molecule has 4 aliphatic carbocycles. The summed E-state index contributed by atoms with van der Waals surface area (Å²) in [5.41, 5.74) is 0.0776. The van der Waals surface area contributed by atoms with Gasteiger partial charge in [0.1, 0.15) is 0 Å². The number of hydrogen-bond acceptors (Lipinski definition) is 3. The van der Waals surface area contributed by atoms with Gasteiger partial charge in [-0.15, -0.1) is 0 Å². The molecule has 26 heavy (non-hydrogen) atoms. The van der Waals surface area contributed by atoms with Gasteiger partial charge < -0.3 is 10.1 Å². The summed E-state index contributed by atoms with van der Waals surface area (Å²) in [5.74, 6) is 1.36. The molecule has 1 aromatic rings. The van der Waals surface area contributed by atoms with Gasteiger partial charge in [-0.3, -0.25) is 4.79 Å². The van der Waals surface area contributed by atoms with Crippen LogP contribution in [-0.2, 0) is 9.53 Å². The molecule has 140 valence electrons. The number of halogens is 2. The highest BCUT2D eigenvalue weighted by molar-refractivity contribution is 6.43. The number of carbonyl (C=O) groups is 2. The summed E-state index contributed by atoms with van der Waals surface area (Å²) in [6, 6.07) is 4.77. The quantitative estimate of drug-likeness (QED) is 0.756. The maximum absolute atomic E-state index is 12.7. The molecule has 0 radical (unpaired) electrons. The van der Waals surface area contributed by atoms with Gasteiger partial charge in [0.25, 0.3) is 5.91 Å². The van der Waals surface area contributed by atoms with Crippen molar-refractivity contribution in [3.8, 4) is 0 Å². The highest BCUT2D eigenvalue weighted by Gasteiger charge is 2.51. The molecule has 0 spiro atoms. The molecule has 4 fully saturated rings. The largest absolute Gasteiger partial charge is 0.449 e. The molecular formula is C20H23Cl2NO3. The third kappa shape index (κ3) is 3.34. The molecule has 0 heterocycles. The second-order valence-corrected chi connectivity index (χ2v) is 9.12. The lowest BCUT2D eigenvalue weighted by Crippen LogP contribution is -2.61. The molecule has 6 heteroatoms. The topological polar surface area (TPSA) is 55.4 Å². The fourth-order valence-corrected chi connectivity index (χ4v) is 5.94. The number of esters is 1. The van der Waals surface area contributed by atoms with Crippen molar-refractivity contribution in [1.29, 1.82) is 0 Å². The number of ether oxygens (including phenoxy) is 1. The van der Waals surface area contributed by atoms with E-state index in [1.165, 1.54) is 19.3 Å². The van der Waals surface area contributed by atoms with Crippen LogP contribution in [-0.4, -0.2) is 23.5 Å². The maximum Gasteiger partial charge on any atom is 0.340 e. The Morgan fingerprint density at radius 3 is 2.27 bits per heavy atom. The average molecular weight is 396 g/mol. The summed E-state index contributed by atoms with van der Waals surface area (Å²) in [6.07, 6.45) is 6.25. The summed E-state index contributed by atoms with van der Waals surface area (Å²) >= 11 is 12.0. The molecule has 4 aliphatic rings. The number of amides is 1. The molecule has 1 atom stereocenters. The highest BCUT2D eigenvalue weighted by atomic mass is 35.5. The molecule has 1 aromatic carbocycles. The Morgan fingerprint density at radius 1 is 1.12 bits per heavy atom. The summed E-state index contributed by atoms with van der Waals surface area (Å²) in [6.45, 7) is 1.60. The van der Waals surface area contributed by atoms with Gasteiger partial charge in [-0.2, -0.15) is 0 Å². The van der Waals surface area contributed by atoms with E-state index in [9.17, 15) is 9.59 Å². The first kappa shape index (κ1) is 18.1. The highest BCUT2D eigenvalue weighted by Crippen LogP contribution is 2.55. The Balaban J connectivity index is 1.41. The molecule has 0 saturated heterocycles. The molecule has 0 aromatic heterocycles. The van der Waals surface area contributed by atoms with Crippen molar-refractivity contribution in [2.24, 2.45) is 17.8 Å². The SMILES string of the molecule is C[C@@H](OC(=O)c1cccc(Cl)c1Cl)C(=O)NC12CC3CC(CC(C3)C1)C2. The smallest absolute Gasteiger partial charge is 0.340 e. The molecule has 4 bridgehead atoms. The first-order valence-electron chi connectivity index (χ1n) is 9.32. The van der Waals surface area contributed by atoms with Crippen LogP contribution in [0.4, 0.5) is 0 Å². The van der Waals surface area contributed by atoms with Crippen molar-refractivity contribution < 1.29 is 14.3 Å². The second kappa shape index (κ2) is 6.72. The standard InChI is InChI=1S/C20H23Cl2NO3/c1-11(26-19(25)15-3-2-4-16(21)17(15)22)18(24)23-20-8-12-5-13(9-20)7-14(6-12)10-20/h2-4,11-14H,5-10H2,1H3,(H,23,24)/t11-,12?,13?,14?,20?/m1/s1. The first-order chi connectivity index (χ1) is 12.3. The monoisotopic (exact) mass is 395 g/mol. The van der Waals surface area contributed by atoms with E-state index in [0.29, 0.717) is 0 Å². The van der Waals surface area contributed by atoms with E-state index < -0.39 is 12.1 Å². The number of benzene rings is 1. The lowest BCUT2D eigenvalue weighted by molar-refractivity contribution is -0.134. The lowest BCUT2D eigenvalue weighted by Gasteiger charge is -2.57. The Bertz CT molecular complexity index is 713. The number of nitrogens with one attached hydrogen (secondary N) is 1. The van der Waals surface area contributed by atoms with Crippen molar-refractivity contribution >= 4 is 35.1 Å². The van der Waals surface area contributed by atoms with Gasteiger partial charge in [0.2, 0.25) is 0 Å². The van der Waals surface area contributed by atoms with Crippen LogP contribution in [0, 0.1) is 17.8 Å². The summed E-state index contributed by atoms with van der Waals surface area (Å²) in [7, 11) is 0. The van der Waals surface area contributed by atoms with E-state index in [2.05, 4.69) is 5.32 Å². The van der Waals surface area contributed by atoms with Gasteiger partial charge in [0, 0.05) is 5.54 Å². The molecule has 1 amide bonds. The van der Waals surface area contributed by atoms with Crippen molar-refractivity contribution in [2.45, 2.75) is 57.1 Å². The fourth-order valence-electron chi connectivity index (χ4n) is 5.57. The van der Waals surface area contributed by atoms with Gasteiger partial charge in [0.15, 0.2) is 6.10 Å². The zero-order valence-electron chi connectivity index (χ0n) is 14.8. The van der Waals surface area contributed by atoms with E-state index in [-0.39, 0.29) is 27.1 Å². The van der Waals surface area contributed by atoms with Crippen LogP contribution in [0.2, 0.25) is 10.0 Å². The van der Waals surface area contributed by atoms with Crippen LogP contribution in [0.25, 0.3) is 0 Å². The number of rotatable bonds is 4. The van der Waals surface area contributed by atoms with Gasteiger partial charge in [0.05, 0.1) is 15.6 Å². The van der Waals surface area contributed by atoms with Gasteiger partial charge in [-0.1, -0.05) is 29.3 Å². The van der Waals surface area contributed by atoms with Crippen molar-refractivity contribution in [3.63, 3.8) is 0 Å². The molecule has 1 N–H and O–H groups in total.